The Morgan fingerprint density at radius 3 is 2.40 bits per heavy atom. The van der Waals surface area contributed by atoms with Crippen molar-refractivity contribution in [2.45, 2.75) is 45.6 Å². The number of nitrogens with zero attached hydrogens (tertiary/aromatic N) is 1. The first-order chi connectivity index (χ1) is 7.21. The summed E-state index contributed by atoms with van der Waals surface area (Å²) in [6.07, 6.45) is 5.35. The lowest BCUT2D eigenvalue weighted by molar-refractivity contribution is -0.128. The highest BCUT2D eigenvalue weighted by Gasteiger charge is 2.17. The number of carbonyl (C=O) groups excluding carboxylic acids is 1. The van der Waals surface area contributed by atoms with Gasteiger partial charge in [-0.25, -0.2) is 0 Å². The zero-order chi connectivity index (χ0) is 11.7. The normalized spacial score (nSPS) is 10.4. The second-order valence-electron chi connectivity index (χ2n) is 3.70. The first kappa shape index (κ1) is 14.2. The van der Waals surface area contributed by atoms with Crippen molar-refractivity contribution in [2.24, 2.45) is 5.73 Å². The fourth-order valence-corrected chi connectivity index (χ4v) is 1.75. The number of unbranched alkanes of at least 4 members (excludes halogenated alkanes) is 1. The molecular formula is C12H24N2O. The summed E-state index contributed by atoms with van der Waals surface area (Å²) in [5.41, 5.74) is 5.44. The van der Waals surface area contributed by atoms with Gasteiger partial charge in [0.2, 0.25) is 5.91 Å². The molecule has 0 aromatic carbocycles. The lowest BCUT2D eigenvalue weighted by atomic mass is 10.1. The monoisotopic (exact) mass is 212 g/mol. The zero-order valence-corrected chi connectivity index (χ0v) is 10.0. The van der Waals surface area contributed by atoms with Gasteiger partial charge in [-0.05, 0) is 38.3 Å². The summed E-state index contributed by atoms with van der Waals surface area (Å²) in [6.45, 7) is 9.26. The van der Waals surface area contributed by atoms with E-state index in [1.807, 2.05) is 4.90 Å². The molecule has 3 nitrogen and oxygen atoms in total. The van der Waals surface area contributed by atoms with Crippen molar-refractivity contribution in [1.29, 1.82) is 0 Å². The van der Waals surface area contributed by atoms with Gasteiger partial charge in [0.25, 0.3) is 0 Å². The second kappa shape index (κ2) is 8.48. The van der Waals surface area contributed by atoms with Crippen molar-refractivity contribution < 1.29 is 4.79 Å². The third-order valence-corrected chi connectivity index (χ3v) is 2.69. The lowest BCUT2D eigenvalue weighted by Crippen LogP contribution is -2.39. The Bertz CT molecular complexity index is 188. The van der Waals surface area contributed by atoms with Crippen molar-refractivity contribution in [3.63, 3.8) is 0 Å². The van der Waals surface area contributed by atoms with Gasteiger partial charge in [-0.3, -0.25) is 4.79 Å². The minimum Gasteiger partial charge on any atom is -0.336 e. The van der Waals surface area contributed by atoms with Gasteiger partial charge in [-0.1, -0.05) is 20.4 Å². The number of rotatable bonds is 8. The molecule has 0 aliphatic rings. The van der Waals surface area contributed by atoms with Crippen molar-refractivity contribution in [2.75, 3.05) is 13.1 Å². The van der Waals surface area contributed by atoms with E-state index in [9.17, 15) is 4.79 Å². The Labute approximate surface area is 93.3 Å². The average molecular weight is 212 g/mol. The largest absolute Gasteiger partial charge is 0.336 e. The maximum absolute atomic E-state index is 11.6. The number of amides is 1. The van der Waals surface area contributed by atoms with Crippen LogP contribution in [0.4, 0.5) is 0 Å². The van der Waals surface area contributed by atoms with Gasteiger partial charge >= 0.3 is 0 Å². The van der Waals surface area contributed by atoms with Crippen LogP contribution in [0.3, 0.4) is 0 Å². The van der Waals surface area contributed by atoms with Gasteiger partial charge in [-0.2, -0.15) is 0 Å². The highest BCUT2D eigenvalue weighted by Crippen LogP contribution is 2.10. The van der Waals surface area contributed by atoms with Gasteiger partial charge in [0, 0.05) is 12.6 Å². The van der Waals surface area contributed by atoms with Crippen LogP contribution in [0.5, 0.6) is 0 Å². The molecular weight excluding hydrogens is 188 g/mol. The maximum Gasteiger partial charge on any atom is 0.246 e. The number of hydrogen-bond donors (Lipinski definition) is 1. The molecule has 88 valence electrons. The third kappa shape index (κ3) is 4.98. The molecule has 0 unspecified atom stereocenters. The van der Waals surface area contributed by atoms with Crippen LogP contribution in [0.25, 0.3) is 0 Å². The molecule has 0 aromatic heterocycles. The van der Waals surface area contributed by atoms with Gasteiger partial charge in [0.15, 0.2) is 0 Å². The predicted octanol–water partition coefficient (Wildman–Crippen LogP) is 1.93. The summed E-state index contributed by atoms with van der Waals surface area (Å²) in [5, 5.41) is 0. The maximum atomic E-state index is 11.6. The fourth-order valence-electron chi connectivity index (χ4n) is 1.75. The molecule has 0 radical (unpaired) electrons. The highest BCUT2D eigenvalue weighted by atomic mass is 16.2. The van der Waals surface area contributed by atoms with E-state index in [4.69, 9.17) is 5.73 Å². The van der Waals surface area contributed by atoms with Crippen molar-refractivity contribution in [1.82, 2.24) is 4.90 Å². The van der Waals surface area contributed by atoms with Crippen LogP contribution >= 0.6 is 0 Å². The van der Waals surface area contributed by atoms with Crippen LogP contribution in [0.1, 0.15) is 39.5 Å². The van der Waals surface area contributed by atoms with Gasteiger partial charge in [-0.15, -0.1) is 0 Å². The molecule has 1 amide bonds. The molecule has 0 fully saturated rings. The van der Waals surface area contributed by atoms with Crippen LogP contribution < -0.4 is 5.73 Å². The van der Waals surface area contributed by atoms with Crippen molar-refractivity contribution >= 4 is 5.91 Å². The molecule has 0 aliphatic carbocycles. The van der Waals surface area contributed by atoms with Gasteiger partial charge < -0.3 is 10.6 Å². The molecule has 0 bridgehead atoms. The minimum absolute atomic E-state index is 0.0423. The Morgan fingerprint density at radius 2 is 2.00 bits per heavy atom. The minimum atomic E-state index is 0.0423. The molecule has 15 heavy (non-hydrogen) atoms. The quantitative estimate of drug-likeness (QED) is 0.493. The highest BCUT2D eigenvalue weighted by molar-refractivity contribution is 5.87. The molecule has 0 heterocycles. The molecule has 0 aliphatic heterocycles. The molecule has 0 saturated carbocycles. The van der Waals surface area contributed by atoms with Gasteiger partial charge in [0.05, 0.1) is 0 Å². The Balaban J connectivity index is 4.28. The summed E-state index contributed by atoms with van der Waals surface area (Å²) in [7, 11) is 0. The standard InChI is InChI=1S/C12H24N2O/c1-4-11(5-2)14(12(15)6-3)10-8-7-9-13/h6,11H,3-5,7-10,13H2,1-2H3. The Morgan fingerprint density at radius 1 is 1.40 bits per heavy atom. The van der Waals surface area contributed by atoms with Gasteiger partial charge in [0.1, 0.15) is 0 Å². The number of hydrogen-bond acceptors (Lipinski definition) is 2. The van der Waals surface area contributed by atoms with E-state index in [0.29, 0.717) is 12.6 Å². The van der Waals surface area contributed by atoms with Crippen molar-refractivity contribution in [3.8, 4) is 0 Å². The molecule has 0 saturated heterocycles. The van der Waals surface area contributed by atoms with E-state index in [1.54, 1.807) is 0 Å². The second-order valence-corrected chi connectivity index (χ2v) is 3.70. The van der Waals surface area contributed by atoms with Crippen LogP contribution in [0.15, 0.2) is 12.7 Å². The molecule has 0 aromatic rings. The third-order valence-electron chi connectivity index (χ3n) is 2.69. The fraction of sp³-hybridized carbons (Fsp3) is 0.750. The number of nitrogens with two attached hydrogens (primary N) is 1. The smallest absolute Gasteiger partial charge is 0.246 e. The van der Waals surface area contributed by atoms with E-state index in [-0.39, 0.29) is 5.91 Å². The number of carbonyl (C=O) groups is 1. The van der Waals surface area contributed by atoms with Crippen LogP contribution in [0.2, 0.25) is 0 Å². The lowest BCUT2D eigenvalue weighted by Gasteiger charge is -2.29. The topological polar surface area (TPSA) is 46.3 Å². The Kier molecular flexibility index (Phi) is 8.01. The van der Waals surface area contributed by atoms with Crippen molar-refractivity contribution in [3.05, 3.63) is 12.7 Å². The molecule has 0 atom stereocenters. The van der Waals surface area contributed by atoms with Crippen LogP contribution in [0, 0.1) is 0 Å². The molecule has 0 spiro atoms. The summed E-state index contributed by atoms with van der Waals surface area (Å²) < 4.78 is 0. The predicted molar refractivity (Wildman–Crippen MR) is 64.6 cm³/mol. The molecule has 0 rings (SSSR count). The summed E-state index contributed by atoms with van der Waals surface area (Å²) in [6, 6.07) is 0.341. The first-order valence-electron chi connectivity index (χ1n) is 5.84. The summed E-state index contributed by atoms with van der Waals surface area (Å²) in [5.74, 6) is 0.0423. The average Bonchev–Trinajstić information content (AvgIpc) is 2.27. The van der Waals surface area contributed by atoms with E-state index in [1.165, 1.54) is 6.08 Å². The van der Waals surface area contributed by atoms with E-state index in [0.717, 1.165) is 32.2 Å². The van der Waals surface area contributed by atoms with E-state index >= 15 is 0 Å². The SMILES string of the molecule is C=CC(=O)N(CCCCN)C(CC)CC. The summed E-state index contributed by atoms with van der Waals surface area (Å²) >= 11 is 0. The molecule has 3 heteroatoms. The zero-order valence-electron chi connectivity index (χ0n) is 10.0. The van der Waals surface area contributed by atoms with Crippen LogP contribution in [-0.4, -0.2) is 29.9 Å². The Hall–Kier alpha value is -0.830. The molecule has 2 N–H and O–H groups in total. The first-order valence-corrected chi connectivity index (χ1v) is 5.84. The van der Waals surface area contributed by atoms with E-state index < -0.39 is 0 Å². The van der Waals surface area contributed by atoms with E-state index in [2.05, 4.69) is 20.4 Å². The van der Waals surface area contributed by atoms with Crippen LogP contribution in [-0.2, 0) is 4.79 Å². The summed E-state index contributed by atoms with van der Waals surface area (Å²) in [4.78, 5) is 13.6.